The van der Waals surface area contributed by atoms with Crippen LogP contribution in [0.4, 0.5) is 18.9 Å². The first-order valence-corrected chi connectivity index (χ1v) is 9.95. The molecular formula is C20H24F3N5O2. The number of nitrogens with two attached hydrogens (primary N) is 1. The number of ether oxygens (including phenoxy) is 1. The van der Waals surface area contributed by atoms with Crippen LogP contribution in [0, 0.1) is 17.8 Å². The van der Waals surface area contributed by atoms with Gasteiger partial charge in [0.1, 0.15) is 0 Å². The lowest BCUT2D eigenvalue weighted by Crippen LogP contribution is -2.43. The van der Waals surface area contributed by atoms with Crippen LogP contribution < -0.4 is 15.8 Å². The van der Waals surface area contributed by atoms with E-state index in [1.807, 2.05) is 0 Å². The topological polar surface area (TPSA) is 95.1 Å². The van der Waals surface area contributed by atoms with Crippen LogP contribution in [0.5, 0.6) is 5.88 Å². The van der Waals surface area contributed by atoms with Gasteiger partial charge >= 0.3 is 6.18 Å². The standard InChI is InChI=1S/C20H24F3N5O2/c1-30-19-14(3-2-8-25-19)17(20(21,22)23)28-10-13(9-26-28)27-18(29)16(24)15(11-4-5-11)12-6-7-12/h2-3,8-12,15-17H,4-7,24H2,1H3,(H,27,29). The highest BCUT2D eigenvalue weighted by atomic mass is 19.4. The lowest BCUT2D eigenvalue weighted by atomic mass is 9.89. The molecule has 0 aromatic carbocycles. The molecule has 2 atom stereocenters. The van der Waals surface area contributed by atoms with Crippen LogP contribution in [0.15, 0.2) is 30.7 Å². The van der Waals surface area contributed by atoms with Crippen molar-refractivity contribution < 1.29 is 22.7 Å². The van der Waals surface area contributed by atoms with E-state index in [0.717, 1.165) is 36.6 Å². The molecule has 2 heterocycles. The fourth-order valence-corrected chi connectivity index (χ4v) is 4.13. The molecule has 3 N–H and O–H groups in total. The van der Waals surface area contributed by atoms with Crippen LogP contribution in [0.2, 0.25) is 0 Å². The largest absolute Gasteiger partial charge is 0.481 e. The van der Waals surface area contributed by atoms with Gasteiger partial charge in [-0.3, -0.25) is 9.48 Å². The van der Waals surface area contributed by atoms with Gasteiger partial charge in [-0.2, -0.15) is 18.3 Å². The summed E-state index contributed by atoms with van der Waals surface area (Å²) in [5.74, 6) is 0.574. The number of pyridine rings is 1. The Bertz CT molecular complexity index is 896. The molecule has 0 aliphatic heterocycles. The fraction of sp³-hybridized carbons (Fsp3) is 0.550. The summed E-state index contributed by atoms with van der Waals surface area (Å²) in [7, 11) is 1.26. The number of hydrogen-bond donors (Lipinski definition) is 2. The summed E-state index contributed by atoms with van der Waals surface area (Å²) in [4.78, 5) is 16.5. The smallest absolute Gasteiger partial charge is 0.415 e. The normalized spacial score (nSPS) is 18.9. The molecule has 1 amide bonds. The predicted molar refractivity (Wildman–Crippen MR) is 103 cm³/mol. The summed E-state index contributed by atoms with van der Waals surface area (Å²) in [6.45, 7) is 0. The number of methoxy groups -OCH3 is 1. The molecule has 10 heteroatoms. The summed E-state index contributed by atoms with van der Waals surface area (Å²) >= 11 is 0. The Kier molecular flexibility index (Phi) is 5.44. The number of anilines is 1. The Hall–Kier alpha value is -2.62. The number of carbonyl (C=O) groups is 1. The summed E-state index contributed by atoms with van der Waals surface area (Å²) in [5.41, 5.74) is 6.20. The number of carbonyl (C=O) groups excluding carboxylic acids is 1. The van der Waals surface area contributed by atoms with Crippen LogP contribution in [-0.4, -0.2) is 40.0 Å². The van der Waals surface area contributed by atoms with Crippen molar-refractivity contribution in [3.8, 4) is 5.88 Å². The Morgan fingerprint density at radius 3 is 2.53 bits per heavy atom. The maximum atomic E-state index is 13.9. The van der Waals surface area contributed by atoms with E-state index in [2.05, 4.69) is 15.4 Å². The first-order valence-electron chi connectivity index (χ1n) is 9.95. The summed E-state index contributed by atoms with van der Waals surface area (Å²) < 4.78 is 47.3. The Balaban J connectivity index is 1.53. The van der Waals surface area contributed by atoms with Crippen molar-refractivity contribution in [1.82, 2.24) is 14.8 Å². The van der Waals surface area contributed by atoms with Gasteiger partial charge in [0.25, 0.3) is 0 Å². The second-order valence-corrected chi connectivity index (χ2v) is 8.02. The van der Waals surface area contributed by atoms with E-state index in [-0.39, 0.29) is 29.0 Å². The average molecular weight is 423 g/mol. The number of aromatic nitrogens is 3. The van der Waals surface area contributed by atoms with Crippen LogP contribution in [0.1, 0.15) is 37.3 Å². The molecule has 2 fully saturated rings. The van der Waals surface area contributed by atoms with E-state index in [4.69, 9.17) is 10.5 Å². The van der Waals surface area contributed by atoms with Crippen molar-refractivity contribution in [2.45, 2.75) is 43.9 Å². The van der Waals surface area contributed by atoms with E-state index in [1.54, 1.807) is 0 Å². The van der Waals surface area contributed by atoms with Gasteiger partial charge in [0.2, 0.25) is 11.8 Å². The van der Waals surface area contributed by atoms with Crippen molar-refractivity contribution in [3.05, 3.63) is 36.3 Å². The maximum absolute atomic E-state index is 13.9. The highest BCUT2D eigenvalue weighted by molar-refractivity contribution is 5.94. The van der Waals surface area contributed by atoms with E-state index in [1.165, 1.54) is 31.6 Å². The molecule has 7 nitrogen and oxygen atoms in total. The fourth-order valence-electron chi connectivity index (χ4n) is 4.13. The minimum absolute atomic E-state index is 0.139. The number of amides is 1. The summed E-state index contributed by atoms with van der Waals surface area (Å²) in [6.07, 6.45) is 3.38. The number of nitrogens with one attached hydrogen (secondary N) is 1. The molecule has 2 aliphatic rings. The minimum Gasteiger partial charge on any atom is -0.481 e. The van der Waals surface area contributed by atoms with Crippen LogP contribution in [0.25, 0.3) is 0 Å². The second kappa shape index (κ2) is 7.90. The van der Waals surface area contributed by atoms with Gasteiger partial charge in [-0.25, -0.2) is 4.98 Å². The number of rotatable bonds is 8. The zero-order valence-electron chi connectivity index (χ0n) is 16.5. The minimum atomic E-state index is -4.65. The molecule has 2 aliphatic carbocycles. The molecular weight excluding hydrogens is 399 g/mol. The van der Waals surface area contributed by atoms with Crippen molar-refractivity contribution in [3.63, 3.8) is 0 Å². The second-order valence-electron chi connectivity index (χ2n) is 8.02. The lowest BCUT2D eigenvalue weighted by molar-refractivity contribution is -0.159. The molecule has 0 saturated heterocycles. The first-order chi connectivity index (χ1) is 14.3. The average Bonchev–Trinajstić information content (AvgIpc) is 3.63. The number of halogens is 3. The van der Waals surface area contributed by atoms with Crippen LogP contribution in [0.3, 0.4) is 0 Å². The quantitative estimate of drug-likeness (QED) is 0.680. The zero-order chi connectivity index (χ0) is 21.5. The highest BCUT2D eigenvalue weighted by Gasteiger charge is 2.47. The van der Waals surface area contributed by atoms with E-state index in [0.29, 0.717) is 11.8 Å². The molecule has 2 aromatic rings. The molecule has 2 aromatic heterocycles. The van der Waals surface area contributed by atoms with Crippen LogP contribution in [-0.2, 0) is 4.79 Å². The van der Waals surface area contributed by atoms with Gasteiger partial charge < -0.3 is 15.8 Å². The molecule has 162 valence electrons. The van der Waals surface area contributed by atoms with Gasteiger partial charge in [0.05, 0.1) is 25.0 Å². The molecule has 0 spiro atoms. The molecule has 2 unspecified atom stereocenters. The highest BCUT2D eigenvalue weighted by Crippen LogP contribution is 2.50. The molecule has 0 radical (unpaired) electrons. The zero-order valence-corrected chi connectivity index (χ0v) is 16.5. The van der Waals surface area contributed by atoms with Crippen molar-refractivity contribution in [2.75, 3.05) is 12.4 Å². The third-order valence-electron chi connectivity index (χ3n) is 5.78. The molecule has 30 heavy (non-hydrogen) atoms. The van der Waals surface area contributed by atoms with Gasteiger partial charge in [-0.05, 0) is 55.6 Å². The van der Waals surface area contributed by atoms with Gasteiger partial charge in [0.15, 0.2) is 6.04 Å². The molecule has 0 bridgehead atoms. The van der Waals surface area contributed by atoms with Gasteiger partial charge in [-0.15, -0.1) is 0 Å². The predicted octanol–water partition coefficient (Wildman–Crippen LogP) is 3.14. The maximum Gasteiger partial charge on any atom is 0.415 e. The third kappa shape index (κ3) is 4.28. The third-order valence-corrected chi connectivity index (χ3v) is 5.78. The van der Waals surface area contributed by atoms with Crippen LogP contribution >= 0.6 is 0 Å². The lowest BCUT2D eigenvalue weighted by Gasteiger charge is -2.23. The molecule has 2 saturated carbocycles. The number of alkyl halides is 3. The Labute approximate surface area is 171 Å². The number of nitrogens with zero attached hydrogens (tertiary/aromatic N) is 3. The number of hydrogen-bond acceptors (Lipinski definition) is 5. The monoisotopic (exact) mass is 423 g/mol. The van der Waals surface area contributed by atoms with Gasteiger partial charge in [-0.1, -0.05) is 0 Å². The van der Waals surface area contributed by atoms with Crippen molar-refractivity contribution in [1.29, 1.82) is 0 Å². The van der Waals surface area contributed by atoms with Gasteiger partial charge in [0, 0.05) is 18.0 Å². The molecule has 4 rings (SSSR count). The summed E-state index contributed by atoms with van der Waals surface area (Å²) in [5, 5.41) is 6.48. The Morgan fingerprint density at radius 1 is 1.30 bits per heavy atom. The van der Waals surface area contributed by atoms with Crippen molar-refractivity contribution >= 4 is 11.6 Å². The SMILES string of the molecule is COc1ncccc1C(n1cc(NC(=O)C(N)C(C2CC2)C2CC2)cn1)C(F)(F)F. The Morgan fingerprint density at radius 2 is 1.97 bits per heavy atom. The first kappa shape index (κ1) is 20.6. The summed E-state index contributed by atoms with van der Waals surface area (Å²) in [6, 6.07) is -0.0933. The van der Waals surface area contributed by atoms with Crippen molar-refractivity contribution in [2.24, 2.45) is 23.5 Å². The van der Waals surface area contributed by atoms with E-state index < -0.39 is 18.3 Å². The van der Waals surface area contributed by atoms with E-state index >= 15 is 0 Å². The van der Waals surface area contributed by atoms with E-state index in [9.17, 15) is 18.0 Å².